The van der Waals surface area contributed by atoms with Crippen LogP contribution in [0.3, 0.4) is 0 Å². The van der Waals surface area contributed by atoms with Crippen molar-refractivity contribution in [3.8, 4) is 0 Å². The number of thioether (sulfide) groups is 1. The summed E-state index contributed by atoms with van der Waals surface area (Å²) >= 11 is 1.33. The fourth-order valence-electron chi connectivity index (χ4n) is 1.40. The van der Waals surface area contributed by atoms with Crippen LogP contribution in [-0.4, -0.2) is 33.0 Å². The standard InChI is InChI=1S/C12H12N2O2S/c15-11(9-3-1-5-13-9)7-17-8-12(16)10-4-2-6-14-10/h1-6,13-14H,7-8H2. The molecule has 5 heteroatoms. The Hall–Kier alpha value is -1.75. The third-order valence-electron chi connectivity index (χ3n) is 2.26. The maximum atomic E-state index is 11.6. The summed E-state index contributed by atoms with van der Waals surface area (Å²) in [5.41, 5.74) is 1.18. The Morgan fingerprint density at radius 1 is 0.941 bits per heavy atom. The number of nitrogens with one attached hydrogen (secondary N) is 2. The van der Waals surface area contributed by atoms with Gasteiger partial charge in [0.1, 0.15) is 0 Å². The highest BCUT2D eigenvalue weighted by molar-refractivity contribution is 8.00. The number of ketones is 2. The van der Waals surface area contributed by atoms with Gasteiger partial charge in [-0.3, -0.25) is 9.59 Å². The van der Waals surface area contributed by atoms with Crippen LogP contribution in [-0.2, 0) is 0 Å². The van der Waals surface area contributed by atoms with E-state index in [0.29, 0.717) is 22.9 Å². The van der Waals surface area contributed by atoms with Crippen molar-refractivity contribution in [1.82, 2.24) is 9.97 Å². The molecule has 0 bridgehead atoms. The fraction of sp³-hybridized carbons (Fsp3) is 0.167. The number of hydrogen-bond donors (Lipinski definition) is 2. The number of rotatable bonds is 6. The van der Waals surface area contributed by atoms with Gasteiger partial charge < -0.3 is 9.97 Å². The SMILES string of the molecule is O=C(CSCC(=O)c1ccc[nH]1)c1ccc[nH]1. The van der Waals surface area contributed by atoms with Crippen LogP contribution in [0.4, 0.5) is 0 Å². The molecule has 2 aromatic rings. The van der Waals surface area contributed by atoms with Gasteiger partial charge in [-0.05, 0) is 24.3 Å². The van der Waals surface area contributed by atoms with Crippen LogP contribution in [0.5, 0.6) is 0 Å². The first-order valence-electron chi connectivity index (χ1n) is 5.18. The van der Waals surface area contributed by atoms with E-state index in [1.807, 2.05) is 0 Å². The Morgan fingerprint density at radius 2 is 1.41 bits per heavy atom. The van der Waals surface area contributed by atoms with Crippen LogP contribution in [0.25, 0.3) is 0 Å². The molecule has 2 N–H and O–H groups in total. The highest BCUT2D eigenvalue weighted by Crippen LogP contribution is 2.08. The van der Waals surface area contributed by atoms with E-state index in [4.69, 9.17) is 0 Å². The summed E-state index contributed by atoms with van der Waals surface area (Å²) in [6.45, 7) is 0. The minimum atomic E-state index is 0.0132. The van der Waals surface area contributed by atoms with Gasteiger partial charge >= 0.3 is 0 Å². The van der Waals surface area contributed by atoms with Crippen molar-refractivity contribution in [1.29, 1.82) is 0 Å². The van der Waals surface area contributed by atoms with Crippen molar-refractivity contribution >= 4 is 23.3 Å². The maximum Gasteiger partial charge on any atom is 0.188 e. The van der Waals surface area contributed by atoms with E-state index >= 15 is 0 Å². The van der Waals surface area contributed by atoms with E-state index in [9.17, 15) is 9.59 Å². The smallest absolute Gasteiger partial charge is 0.188 e. The van der Waals surface area contributed by atoms with Crippen molar-refractivity contribution < 1.29 is 9.59 Å². The summed E-state index contributed by atoms with van der Waals surface area (Å²) in [5.74, 6) is 0.651. The Labute approximate surface area is 103 Å². The highest BCUT2D eigenvalue weighted by atomic mass is 32.2. The number of carbonyl (C=O) groups is 2. The summed E-state index contributed by atoms with van der Waals surface area (Å²) in [4.78, 5) is 28.9. The molecule has 0 atom stereocenters. The van der Waals surface area contributed by atoms with Crippen molar-refractivity contribution in [3.05, 3.63) is 48.0 Å². The number of carbonyl (C=O) groups excluding carboxylic acids is 2. The monoisotopic (exact) mass is 248 g/mol. The summed E-state index contributed by atoms with van der Waals surface area (Å²) in [5, 5.41) is 0. The van der Waals surface area contributed by atoms with E-state index in [0.717, 1.165) is 0 Å². The third kappa shape index (κ3) is 3.10. The lowest BCUT2D eigenvalue weighted by Crippen LogP contribution is -2.08. The van der Waals surface area contributed by atoms with Gasteiger partial charge in [-0.15, -0.1) is 11.8 Å². The topological polar surface area (TPSA) is 65.7 Å². The number of Topliss-reactive ketones (excluding diaryl/α,β-unsaturated/α-hetero) is 2. The molecule has 0 saturated carbocycles. The lowest BCUT2D eigenvalue weighted by molar-refractivity contribution is 0.101. The molecule has 0 aromatic carbocycles. The normalized spacial score (nSPS) is 10.4. The number of H-pyrrole nitrogens is 2. The van der Waals surface area contributed by atoms with Crippen LogP contribution < -0.4 is 0 Å². The van der Waals surface area contributed by atoms with E-state index < -0.39 is 0 Å². The highest BCUT2D eigenvalue weighted by Gasteiger charge is 2.10. The molecule has 88 valence electrons. The Bertz CT molecular complexity index is 442. The third-order valence-corrected chi connectivity index (χ3v) is 3.20. The first-order valence-corrected chi connectivity index (χ1v) is 6.34. The molecule has 2 aromatic heterocycles. The molecule has 0 unspecified atom stereocenters. The van der Waals surface area contributed by atoms with Crippen LogP contribution in [0.1, 0.15) is 21.0 Å². The second-order valence-electron chi connectivity index (χ2n) is 3.51. The second kappa shape index (κ2) is 5.54. The summed E-state index contributed by atoms with van der Waals surface area (Å²) in [7, 11) is 0. The van der Waals surface area contributed by atoms with Gasteiger partial charge in [0.25, 0.3) is 0 Å². The predicted molar refractivity (Wildman–Crippen MR) is 67.6 cm³/mol. The molecule has 2 heterocycles. The van der Waals surface area contributed by atoms with Gasteiger partial charge in [0.2, 0.25) is 0 Å². The van der Waals surface area contributed by atoms with Gasteiger partial charge in [-0.1, -0.05) is 0 Å². The quantitative estimate of drug-likeness (QED) is 0.770. The number of hydrogen-bond acceptors (Lipinski definition) is 3. The average Bonchev–Trinajstić information content (AvgIpc) is 3.02. The maximum absolute atomic E-state index is 11.6. The first-order chi connectivity index (χ1) is 8.27. The molecule has 0 spiro atoms. The molecular weight excluding hydrogens is 236 g/mol. The van der Waals surface area contributed by atoms with Crippen LogP contribution in [0.15, 0.2) is 36.7 Å². The predicted octanol–water partition coefficient (Wildman–Crippen LogP) is 2.14. The largest absolute Gasteiger partial charge is 0.359 e. The molecule has 2 rings (SSSR count). The van der Waals surface area contributed by atoms with Gasteiger partial charge in [0.05, 0.1) is 22.9 Å². The zero-order valence-electron chi connectivity index (χ0n) is 9.10. The van der Waals surface area contributed by atoms with Crippen LogP contribution in [0, 0.1) is 0 Å². The van der Waals surface area contributed by atoms with E-state index in [1.54, 1.807) is 36.7 Å². The lowest BCUT2D eigenvalue weighted by atomic mass is 10.3. The number of aromatic amines is 2. The van der Waals surface area contributed by atoms with E-state index in [2.05, 4.69) is 9.97 Å². The van der Waals surface area contributed by atoms with Gasteiger partial charge in [-0.25, -0.2) is 0 Å². The minimum Gasteiger partial charge on any atom is -0.359 e. The number of aromatic nitrogens is 2. The Kier molecular flexibility index (Phi) is 3.82. The van der Waals surface area contributed by atoms with Crippen molar-refractivity contribution in [2.45, 2.75) is 0 Å². The van der Waals surface area contributed by atoms with Gasteiger partial charge in [0.15, 0.2) is 11.6 Å². The van der Waals surface area contributed by atoms with E-state index in [1.165, 1.54) is 11.8 Å². The van der Waals surface area contributed by atoms with Crippen molar-refractivity contribution in [2.75, 3.05) is 11.5 Å². The lowest BCUT2D eigenvalue weighted by Gasteiger charge is -1.98. The van der Waals surface area contributed by atoms with Crippen molar-refractivity contribution in [3.63, 3.8) is 0 Å². The molecule has 0 amide bonds. The summed E-state index contributed by atoms with van der Waals surface area (Å²) in [6.07, 6.45) is 3.42. The molecule has 0 saturated heterocycles. The molecule has 17 heavy (non-hydrogen) atoms. The molecule has 0 aliphatic carbocycles. The zero-order chi connectivity index (χ0) is 12.1. The summed E-state index contributed by atoms with van der Waals surface area (Å²) < 4.78 is 0. The van der Waals surface area contributed by atoms with E-state index in [-0.39, 0.29) is 11.6 Å². The minimum absolute atomic E-state index is 0.0132. The molecule has 4 nitrogen and oxygen atoms in total. The second-order valence-corrected chi connectivity index (χ2v) is 4.49. The molecule has 0 aliphatic heterocycles. The van der Waals surface area contributed by atoms with Gasteiger partial charge in [0, 0.05) is 12.4 Å². The molecule has 0 radical (unpaired) electrons. The van der Waals surface area contributed by atoms with Crippen LogP contribution in [0.2, 0.25) is 0 Å². The van der Waals surface area contributed by atoms with Gasteiger partial charge in [-0.2, -0.15) is 0 Å². The fourth-order valence-corrected chi connectivity index (χ4v) is 2.18. The Morgan fingerprint density at radius 3 is 1.76 bits per heavy atom. The van der Waals surface area contributed by atoms with Crippen molar-refractivity contribution in [2.24, 2.45) is 0 Å². The van der Waals surface area contributed by atoms with Crippen LogP contribution >= 0.6 is 11.8 Å². The molecule has 0 aliphatic rings. The molecule has 0 fully saturated rings. The molecular formula is C12H12N2O2S. The Balaban J connectivity index is 1.77. The summed E-state index contributed by atoms with van der Waals surface area (Å²) in [6, 6.07) is 7.02. The average molecular weight is 248 g/mol. The first kappa shape index (κ1) is 11.7. The zero-order valence-corrected chi connectivity index (χ0v) is 9.92.